The molecule has 0 spiro atoms. The van der Waals surface area contributed by atoms with Gasteiger partial charge in [-0.25, -0.2) is 0 Å². The maximum absolute atomic E-state index is 9.26. The van der Waals surface area contributed by atoms with Crippen molar-refractivity contribution in [3.8, 4) is 11.5 Å². The molecule has 0 unspecified atom stereocenters. The molecule has 0 aromatic heterocycles. The van der Waals surface area contributed by atoms with Crippen LogP contribution in [0.2, 0.25) is 5.25 Å². The van der Waals surface area contributed by atoms with E-state index in [2.05, 4.69) is 0 Å². The predicted octanol–water partition coefficient (Wildman–Crippen LogP) is 3.77. The van der Waals surface area contributed by atoms with Gasteiger partial charge in [-0.05, 0) is 0 Å². The molecule has 0 aliphatic heterocycles. The zero-order valence-electron chi connectivity index (χ0n) is 11.1. The van der Waals surface area contributed by atoms with E-state index < -0.39 is 11.4 Å². The summed E-state index contributed by atoms with van der Waals surface area (Å²) in [5.41, 5.74) is 1.13. The van der Waals surface area contributed by atoms with Gasteiger partial charge in [0.15, 0.2) is 0 Å². The Balaban J connectivity index is 2.04. The van der Waals surface area contributed by atoms with Crippen molar-refractivity contribution < 1.29 is 9.84 Å². The number of benzene rings is 2. The van der Waals surface area contributed by atoms with Gasteiger partial charge < -0.3 is 0 Å². The molecule has 5 heteroatoms. The molecule has 106 valence electrons. The average molecular weight is 372 g/mol. The standard InChI is InChI=1S/C15H16Cl2GeO2/c1-20-15-8-4-13(5-9-15)18(16,17)11-10-12-2-6-14(19)7-3-12/h2-9,19H,10-11H2,1H3. The first-order valence-corrected chi connectivity index (χ1v) is 14.4. The van der Waals surface area contributed by atoms with Crippen LogP contribution in [0.5, 0.6) is 11.5 Å². The van der Waals surface area contributed by atoms with Crippen LogP contribution in [-0.4, -0.2) is 23.6 Å². The van der Waals surface area contributed by atoms with Crippen LogP contribution in [0.3, 0.4) is 0 Å². The van der Waals surface area contributed by atoms with E-state index in [9.17, 15) is 5.11 Å². The molecule has 20 heavy (non-hydrogen) atoms. The topological polar surface area (TPSA) is 29.5 Å². The second-order valence-electron chi connectivity index (χ2n) is 4.60. The van der Waals surface area contributed by atoms with Crippen LogP contribution in [0.4, 0.5) is 0 Å². The predicted molar refractivity (Wildman–Crippen MR) is 86.7 cm³/mol. The van der Waals surface area contributed by atoms with E-state index >= 15 is 0 Å². The zero-order chi connectivity index (χ0) is 14.6. The average Bonchev–Trinajstić information content (AvgIpc) is 2.47. The molecule has 0 radical (unpaired) electrons. The van der Waals surface area contributed by atoms with E-state index in [4.69, 9.17) is 24.8 Å². The molecule has 2 aromatic carbocycles. The molecule has 1 N–H and O–H groups in total. The maximum atomic E-state index is 9.26. The molecular formula is C15H16Cl2GeO2. The minimum atomic E-state index is -3.03. The second-order valence-corrected chi connectivity index (χ2v) is 17.5. The monoisotopic (exact) mass is 372 g/mol. The van der Waals surface area contributed by atoms with Gasteiger partial charge >= 0.3 is 130 Å². The molecule has 0 saturated heterocycles. The third-order valence-electron chi connectivity index (χ3n) is 3.18. The van der Waals surface area contributed by atoms with Crippen LogP contribution in [0.25, 0.3) is 0 Å². The number of hydrogen-bond acceptors (Lipinski definition) is 2. The summed E-state index contributed by atoms with van der Waals surface area (Å²) in [6, 6.07) is 14.8. The SMILES string of the molecule is COc1cc[c]([Ge]([Cl])([Cl])[CH2]Cc2ccc(O)cc2)cc1. The van der Waals surface area contributed by atoms with Gasteiger partial charge in [0.1, 0.15) is 0 Å². The van der Waals surface area contributed by atoms with Crippen molar-refractivity contribution in [1.82, 2.24) is 0 Å². The van der Waals surface area contributed by atoms with E-state index in [1.165, 1.54) is 0 Å². The molecular weight excluding hydrogens is 356 g/mol. The van der Waals surface area contributed by atoms with Crippen LogP contribution in [0.15, 0.2) is 48.5 Å². The Hall–Kier alpha value is -0.837. The zero-order valence-corrected chi connectivity index (χ0v) is 14.8. The van der Waals surface area contributed by atoms with E-state index in [1.807, 2.05) is 36.4 Å². The van der Waals surface area contributed by atoms with Crippen LogP contribution >= 0.6 is 20.0 Å². The fraction of sp³-hybridized carbons (Fsp3) is 0.200. The third kappa shape index (κ3) is 4.08. The third-order valence-corrected chi connectivity index (χ3v) is 11.7. The molecule has 2 rings (SSSR count). The number of phenols is 1. The van der Waals surface area contributed by atoms with Crippen LogP contribution in [-0.2, 0) is 6.42 Å². The Bertz CT molecular complexity index is 553. The van der Waals surface area contributed by atoms with Crippen LogP contribution in [0.1, 0.15) is 5.56 Å². The Morgan fingerprint density at radius 2 is 1.60 bits per heavy atom. The fourth-order valence-corrected chi connectivity index (χ4v) is 7.48. The minimum absolute atomic E-state index is 0.272. The summed E-state index contributed by atoms with van der Waals surface area (Å²) in [6.45, 7) is 0. The van der Waals surface area contributed by atoms with Gasteiger partial charge in [-0.15, -0.1) is 0 Å². The molecule has 2 aromatic rings. The van der Waals surface area contributed by atoms with Crippen molar-refractivity contribution in [3.05, 3.63) is 54.1 Å². The Labute approximate surface area is 130 Å². The van der Waals surface area contributed by atoms with Crippen molar-refractivity contribution in [2.75, 3.05) is 7.11 Å². The fourth-order valence-electron chi connectivity index (χ4n) is 1.94. The summed E-state index contributed by atoms with van der Waals surface area (Å²) < 4.78 is 6.17. The summed E-state index contributed by atoms with van der Waals surface area (Å²) in [7, 11) is 14.8. The number of hydrogen-bond donors (Lipinski definition) is 1. The molecule has 0 bridgehead atoms. The van der Waals surface area contributed by atoms with Crippen molar-refractivity contribution >= 4 is 35.8 Å². The second kappa shape index (κ2) is 6.75. The Kier molecular flexibility index (Phi) is 5.24. The first kappa shape index (κ1) is 15.5. The van der Waals surface area contributed by atoms with Gasteiger partial charge in [0, 0.05) is 0 Å². The molecule has 0 aliphatic rings. The first-order chi connectivity index (χ1) is 9.51. The molecule has 2 nitrogen and oxygen atoms in total. The summed E-state index contributed by atoms with van der Waals surface area (Å²) in [5, 5.41) is 10.0. The van der Waals surface area contributed by atoms with E-state index in [0.717, 1.165) is 27.4 Å². The van der Waals surface area contributed by atoms with Gasteiger partial charge in [-0.1, -0.05) is 0 Å². The first-order valence-electron chi connectivity index (χ1n) is 6.31. The Morgan fingerprint density at radius 3 is 2.15 bits per heavy atom. The summed E-state index contributed by atoms with van der Waals surface area (Å²) in [6.07, 6.45) is 0.819. The van der Waals surface area contributed by atoms with Gasteiger partial charge in [-0.3, -0.25) is 0 Å². The number of aryl methyl sites for hydroxylation is 1. The molecule has 0 heterocycles. The molecule has 0 fully saturated rings. The number of phenolic OH excluding ortho intramolecular Hbond substituents is 1. The molecule has 0 amide bonds. The number of halogens is 2. The number of aromatic hydroxyl groups is 1. The number of ether oxygens (including phenoxy) is 1. The molecule has 0 aliphatic carbocycles. The van der Waals surface area contributed by atoms with Crippen molar-refractivity contribution in [1.29, 1.82) is 0 Å². The summed E-state index contributed by atoms with van der Waals surface area (Å²) in [4.78, 5) is 0. The quantitative estimate of drug-likeness (QED) is 0.811. The Morgan fingerprint density at radius 1 is 1.00 bits per heavy atom. The molecule has 0 atom stereocenters. The van der Waals surface area contributed by atoms with Gasteiger partial charge in [0.2, 0.25) is 0 Å². The number of rotatable bonds is 5. The van der Waals surface area contributed by atoms with Crippen molar-refractivity contribution in [2.24, 2.45) is 0 Å². The summed E-state index contributed by atoms with van der Waals surface area (Å²) in [5.74, 6) is 1.08. The van der Waals surface area contributed by atoms with Crippen molar-refractivity contribution in [2.45, 2.75) is 11.7 Å². The van der Waals surface area contributed by atoms with Crippen LogP contribution in [0, 0.1) is 0 Å². The van der Waals surface area contributed by atoms with Gasteiger partial charge in [0.05, 0.1) is 0 Å². The number of methoxy groups -OCH3 is 1. The van der Waals surface area contributed by atoms with Crippen molar-refractivity contribution in [3.63, 3.8) is 0 Å². The molecule has 0 saturated carbocycles. The summed E-state index contributed by atoms with van der Waals surface area (Å²) >= 11 is -3.03. The van der Waals surface area contributed by atoms with E-state index in [0.29, 0.717) is 0 Å². The van der Waals surface area contributed by atoms with E-state index in [-0.39, 0.29) is 5.75 Å². The van der Waals surface area contributed by atoms with Gasteiger partial charge in [0.25, 0.3) is 0 Å². The normalized spacial score (nSPS) is 11.3. The van der Waals surface area contributed by atoms with Gasteiger partial charge in [-0.2, -0.15) is 0 Å². The van der Waals surface area contributed by atoms with E-state index in [1.54, 1.807) is 19.2 Å². The van der Waals surface area contributed by atoms with Crippen LogP contribution < -0.4 is 9.13 Å².